The first-order valence-electron chi connectivity index (χ1n) is 6.06. The topological polar surface area (TPSA) is 34.3 Å². The molecule has 1 unspecified atom stereocenters. The molecule has 1 aromatic heterocycles. The highest BCUT2D eigenvalue weighted by atomic mass is 15.2. The van der Waals surface area contributed by atoms with Crippen molar-refractivity contribution >= 4 is 5.69 Å². The van der Waals surface area contributed by atoms with Crippen molar-refractivity contribution in [3.63, 3.8) is 0 Å². The molecule has 4 nitrogen and oxygen atoms in total. The highest BCUT2D eigenvalue weighted by Crippen LogP contribution is 2.12. The second kappa shape index (κ2) is 5.37. The number of rotatable bonds is 4. The summed E-state index contributed by atoms with van der Waals surface area (Å²) in [6, 6.07) is 2.73. The Labute approximate surface area is 97.6 Å². The molecule has 1 saturated heterocycles. The third kappa shape index (κ3) is 2.77. The van der Waals surface area contributed by atoms with Gasteiger partial charge in [-0.2, -0.15) is 0 Å². The van der Waals surface area contributed by atoms with Gasteiger partial charge in [-0.3, -0.25) is 4.90 Å². The van der Waals surface area contributed by atoms with Crippen molar-refractivity contribution in [1.29, 1.82) is 0 Å². The lowest BCUT2D eigenvalue weighted by molar-refractivity contribution is 0.187. The van der Waals surface area contributed by atoms with Crippen LogP contribution in [0.2, 0.25) is 0 Å². The molecule has 1 aromatic rings. The molecule has 0 aliphatic carbocycles. The lowest BCUT2D eigenvalue weighted by Gasteiger charge is -2.35. The molecular weight excluding hydrogens is 200 g/mol. The summed E-state index contributed by atoms with van der Waals surface area (Å²) in [4.78, 5) is 7.96. The molecule has 90 valence electrons. The quantitative estimate of drug-likeness (QED) is 0.789. The van der Waals surface area contributed by atoms with Crippen LogP contribution in [-0.4, -0.2) is 55.7 Å². The molecule has 1 aliphatic rings. The Balaban J connectivity index is 1.84. The van der Waals surface area contributed by atoms with E-state index >= 15 is 0 Å². The van der Waals surface area contributed by atoms with Crippen LogP contribution in [0.5, 0.6) is 0 Å². The minimum absolute atomic E-state index is 0.613. The van der Waals surface area contributed by atoms with E-state index in [1.54, 1.807) is 0 Å². The molecule has 0 radical (unpaired) electrons. The van der Waals surface area contributed by atoms with E-state index in [1.165, 1.54) is 18.8 Å². The summed E-state index contributed by atoms with van der Waals surface area (Å²) in [6.45, 7) is 7.98. The number of nitrogens with zero attached hydrogens (tertiary/aromatic N) is 2. The molecule has 0 bridgehead atoms. The van der Waals surface area contributed by atoms with Gasteiger partial charge in [0.15, 0.2) is 0 Å². The van der Waals surface area contributed by atoms with E-state index in [1.807, 2.05) is 12.4 Å². The molecule has 2 rings (SSSR count). The van der Waals surface area contributed by atoms with Gasteiger partial charge >= 0.3 is 0 Å². The standard InChI is InChI=1S/C12H22N4/c1-11(16-7-5-13-6-8-16)10-15(2)12-3-4-14-9-12/h3-4,9,11,13-14H,5-8,10H2,1-2H3. The normalized spacial score (nSPS) is 19.6. The number of aromatic amines is 1. The van der Waals surface area contributed by atoms with Crippen LogP contribution in [0.3, 0.4) is 0 Å². The average molecular weight is 222 g/mol. The summed E-state index contributed by atoms with van der Waals surface area (Å²) in [5.41, 5.74) is 1.27. The van der Waals surface area contributed by atoms with Crippen molar-refractivity contribution in [2.45, 2.75) is 13.0 Å². The minimum Gasteiger partial charge on any atom is -0.372 e. The summed E-state index contributed by atoms with van der Waals surface area (Å²) < 4.78 is 0. The van der Waals surface area contributed by atoms with Gasteiger partial charge in [0.05, 0.1) is 5.69 Å². The first kappa shape index (κ1) is 11.5. The van der Waals surface area contributed by atoms with E-state index in [2.05, 4.69) is 40.1 Å². The Hall–Kier alpha value is -1.00. The maximum absolute atomic E-state index is 3.39. The van der Waals surface area contributed by atoms with Crippen molar-refractivity contribution in [3.05, 3.63) is 18.5 Å². The van der Waals surface area contributed by atoms with Crippen molar-refractivity contribution in [2.75, 3.05) is 44.7 Å². The van der Waals surface area contributed by atoms with Gasteiger partial charge in [0.2, 0.25) is 0 Å². The number of H-pyrrole nitrogens is 1. The predicted octanol–water partition coefficient (Wildman–Crippen LogP) is 0.745. The van der Waals surface area contributed by atoms with E-state index in [0.717, 1.165) is 19.6 Å². The zero-order chi connectivity index (χ0) is 11.4. The first-order chi connectivity index (χ1) is 7.77. The SMILES string of the molecule is CC(CN(C)c1cc[nH]c1)N1CCNCC1. The van der Waals surface area contributed by atoms with Gasteiger partial charge < -0.3 is 15.2 Å². The Morgan fingerprint density at radius 3 is 2.81 bits per heavy atom. The number of piperazine rings is 1. The molecule has 2 N–H and O–H groups in total. The van der Waals surface area contributed by atoms with Gasteiger partial charge in [0, 0.05) is 58.2 Å². The van der Waals surface area contributed by atoms with Crippen LogP contribution >= 0.6 is 0 Å². The van der Waals surface area contributed by atoms with Crippen molar-refractivity contribution in [3.8, 4) is 0 Å². The van der Waals surface area contributed by atoms with Crippen LogP contribution in [-0.2, 0) is 0 Å². The summed E-state index contributed by atoms with van der Waals surface area (Å²) in [6.07, 6.45) is 4.02. The molecule has 0 aromatic carbocycles. The van der Waals surface area contributed by atoms with Crippen LogP contribution in [0.4, 0.5) is 5.69 Å². The van der Waals surface area contributed by atoms with Crippen molar-refractivity contribution in [2.24, 2.45) is 0 Å². The fourth-order valence-corrected chi connectivity index (χ4v) is 2.29. The van der Waals surface area contributed by atoms with Crippen molar-refractivity contribution < 1.29 is 0 Å². The van der Waals surface area contributed by atoms with Gasteiger partial charge in [0.1, 0.15) is 0 Å². The van der Waals surface area contributed by atoms with Crippen LogP contribution in [0, 0.1) is 0 Å². The Morgan fingerprint density at radius 2 is 2.19 bits per heavy atom. The van der Waals surface area contributed by atoms with Gasteiger partial charge in [-0.05, 0) is 13.0 Å². The van der Waals surface area contributed by atoms with Crippen LogP contribution in [0.1, 0.15) is 6.92 Å². The fourth-order valence-electron chi connectivity index (χ4n) is 2.29. The number of anilines is 1. The molecule has 4 heteroatoms. The first-order valence-corrected chi connectivity index (χ1v) is 6.06. The molecule has 1 atom stereocenters. The fraction of sp³-hybridized carbons (Fsp3) is 0.667. The van der Waals surface area contributed by atoms with Crippen LogP contribution in [0.15, 0.2) is 18.5 Å². The molecule has 1 aliphatic heterocycles. The monoisotopic (exact) mass is 222 g/mol. The van der Waals surface area contributed by atoms with Gasteiger partial charge in [0.25, 0.3) is 0 Å². The number of nitrogens with one attached hydrogen (secondary N) is 2. The van der Waals surface area contributed by atoms with E-state index in [0.29, 0.717) is 6.04 Å². The van der Waals surface area contributed by atoms with Gasteiger partial charge in [-0.25, -0.2) is 0 Å². The average Bonchev–Trinajstić information content (AvgIpc) is 2.83. The molecular formula is C12H22N4. The third-order valence-corrected chi connectivity index (χ3v) is 3.34. The zero-order valence-electron chi connectivity index (χ0n) is 10.2. The second-order valence-electron chi connectivity index (χ2n) is 4.58. The van der Waals surface area contributed by atoms with E-state index < -0.39 is 0 Å². The predicted molar refractivity (Wildman–Crippen MR) is 68.0 cm³/mol. The van der Waals surface area contributed by atoms with E-state index in [4.69, 9.17) is 0 Å². The van der Waals surface area contributed by atoms with Gasteiger partial charge in [-0.1, -0.05) is 0 Å². The second-order valence-corrected chi connectivity index (χ2v) is 4.58. The Kier molecular flexibility index (Phi) is 3.85. The number of aromatic nitrogens is 1. The number of likely N-dealkylation sites (N-methyl/N-ethyl adjacent to an activating group) is 1. The lowest BCUT2D eigenvalue weighted by Crippen LogP contribution is -2.50. The molecule has 0 spiro atoms. The summed E-state index contributed by atoms with van der Waals surface area (Å²) in [7, 11) is 2.15. The maximum Gasteiger partial charge on any atom is 0.0541 e. The number of hydrogen-bond acceptors (Lipinski definition) is 3. The largest absolute Gasteiger partial charge is 0.372 e. The molecule has 16 heavy (non-hydrogen) atoms. The summed E-state index contributed by atoms with van der Waals surface area (Å²) >= 11 is 0. The Bertz CT molecular complexity index is 290. The van der Waals surface area contributed by atoms with Crippen LogP contribution in [0.25, 0.3) is 0 Å². The summed E-state index contributed by atoms with van der Waals surface area (Å²) in [5, 5.41) is 3.39. The number of hydrogen-bond donors (Lipinski definition) is 2. The highest BCUT2D eigenvalue weighted by molar-refractivity contribution is 5.43. The Morgan fingerprint density at radius 1 is 1.44 bits per heavy atom. The molecule has 2 heterocycles. The van der Waals surface area contributed by atoms with Crippen LogP contribution < -0.4 is 10.2 Å². The van der Waals surface area contributed by atoms with E-state index in [9.17, 15) is 0 Å². The van der Waals surface area contributed by atoms with E-state index in [-0.39, 0.29) is 0 Å². The summed E-state index contributed by atoms with van der Waals surface area (Å²) in [5.74, 6) is 0. The van der Waals surface area contributed by atoms with Gasteiger partial charge in [-0.15, -0.1) is 0 Å². The molecule has 0 amide bonds. The maximum atomic E-state index is 3.39. The highest BCUT2D eigenvalue weighted by Gasteiger charge is 2.17. The molecule has 1 fully saturated rings. The third-order valence-electron chi connectivity index (χ3n) is 3.34. The lowest BCUT2D eigenvalue weighted by atomic mass is 10.2. The minimum atomic E-state index is 0.613. The van der Waals surface area contributed by atoms with Crippen molar-refractivity contribution in [1.82, 2.24) is 15.2 Å². The smallest absolute Gasteiger partial charge is 0.0541 e. The zero-order valence-corrected chi connectivity index (χ0v) is 10.2. The molecule has 0 saturated carbocycles.